The fourth-order valence-electron chi connectivity index (χ4n) is 2.32. The first-order valence-corrected chi connectivity index (χ1v) is 7.04. The molecule has 1 aliphatic rings. The molecule has 4 heteroatoms. The molecule has 0 saturated carbocycles. The number of aromatic nitrogens is 1. The van der Waals surface area contributed by atoms with Crippen LogP contribution in [0.25, 0.3) is 11.3 Å². The van der Waals surface area contributed by atoms with Crippen LogP contribution in [-0.4, -0.2) is 10.8 Å². The third kappa shape index (κ3) is 1.94. The van der Waals surface area contributed by atoms with Crippen molar-refractivity contribution >= 4 is 15.9 Å². The zero-order chi connectivity index (χ0) is 12.8. The maximum atomic E-state index is 6.03. The Kier molecular flexibility index (Phi) is 2.70. The lowest BCUT2D eigenvalue weighted by Gasteiger charge is -2.17. The van der Waals surface area contributed by atoms with E-state index in [-0.39, 0.29) is 5.60 Å². The molecular formula is C14H14BrNO2. The summed E-state index contributed by atoms with van der Waals surface area (Å²) in [6.07, 6.45) is 0.930. The topological polar surface area (TPSA) is 35.3 Å². The van der Waals surface area contributed by atoms with E-state index in [4.69, 9.17) is 9.26 Å². The Morgan fingerprint density at radius 3 is 2.94 bits per heavy atom. The van der Waals surface area contributed by atoms with E-state index in [1.165, 1.54) is 5.56 Å². The molecule has 0 spiro atoms. The van der Waals surface area contributed by atoms with Crippen LogP contribution in [0.1, 0.15) is 25.2 Å². The van der Waals surface area contributed by atoms with Crippen molar-refractivity contribution in [1.82, 2.24) is 5.16 Å². The number of ether oxygens (including phenoxy) is 1. The maximum absolute atomic E-state index is 6.03. The molecule has 1 aromatic carbocycles. The zero-order valence-electron chi connectivity index (χ0n) is 10.4. The second-order valence-corrected chi connectivity index (χ2v) is 5.71. The molecule has 0 fully saturated rings. The van der Waals surface area contributed by atoms with Crippen molar-refractivity contribution < 1.29 is 9.26 Å². The van der Waals surface area contributed by atoms with Crippen LogP contribution in [0.15, 0.2) is 28.8 Å². The van der Waals surface area contributed by atoms with Crippen molar-refractivity contribution in [3.8, 4) is 17.0 Å². The van der Waals surface area contributed by atoms with Gasteiger partial charge in [-0.3, -0.25) is 0 Å². The highest BCUT2D eigenvalue weighted by molar-refractivity contribution is 9.08. The minimum atomic E-state index is -0.138. The molecule has 0 aliphatic carbocycles. The van der Waals surface area contributed by atoms with E-state index in [0.29, 0.717) is 5.33 Å². The summed E-state index contributed by atoms with van der Waals surface area (Å²) in [5, 5.41) is 4.77. The monoisotopic (exact) mass is 307 g/mol. The lowest BCUT2D eigenvalue weighted by Crippen LogP contribution is -2.24. The van der Waals surface area contributed by atoms with Crippen molar-refractivity contribution in [2.24, 2.45) is 0 Å². The number of hydrogen-bond acceptors (Lipinski definition) is 3. The molecule has 94 valence electrons. The predicted molar refractivity (Wildman–Crippen MR) is 73.0 cm³/mol. The predicted octanol–water partition coefficient (Wildman–Crippen LogP) is 3.95. The van der Waals surface area contributed by atoms with Crippen molar-refractivity contribution in [3.63, 3.8) is 0 Å². The van der Waals surface area contributed by atoms with Crippen LogP contribution in [0, 0.1) is 0 Å². The second kappa shape index (κ2) is 4.12. The Labute approximate surface area is 114 Å². The molecule has 0 atom stereocenters. The average molecular weight is 308 g/mol. The Bertz CT molecular complexity index is 589. The summed E-state index contributed by atoms with van der Waals surface area (Å²) in [5.74, 6) is 1.76. The van der Waals surface area contributed by atoms with Crippen LogP contribution in [0.3, 0.4) is 0 Å². The molecule has 1 aliphatic heterocycles. The van der Waals surface area contributed by atoms with Gasteiger partial charge in [-0.1, -0.05) is 33.2 Å². The summed E-state index contributed by atoms with van der Waals surface area (Å²) >= 11 is 3.36. The third-order valence-electron chi connectivity index (χ3n) is 3.06. The van der Waals surface area contributed by atoms with Gasteiger partial charge in [0.25, 0.3) is 0 Å². The van der Waals surface area contributed by atoms with Crippen molar-refractivity contribution in [2.45, 2.75) is 31.2 Å². The van der Waals surface area contributed by atoms with E-state index in [2.05, 4.69) is 41.0 Å². The van der Waals surface area contributed by atoms with Crippen LogP contribution >= 0.6 is 15.9 Å². The van der Waals surface area contributed by atoms with Crippen molar-refractivity contribution in [3.05, 3.63) is 35.6 Å². The first-order valence-electron chi connectivity index (χ1n) is 5.92. The van der Waals surface area contributed by atoms with Gasteiger partial charge in [-0.25, -0.2) is 0 Å². The second-order valence-electron chi connectivity index (χ2n) is 5.14. The van der Waals surface area contributed by atoms with Gasteiger partial charge in [0.1, 0.15) is 22.8 Å². The Morgan fingerprint density at radius 2 is 2.22 bits per heavy atom. The Balaban J connectivity index is 2.07. The van der Waals surface area contributed by atoms with Crippen LogP contribution in [0.2, 0.25) is 0 Å². The number of fused-ring (bicyclic) bond motifs is 1. The van der Waals surface area contributed by atoms with Crippen molar-refractivity contribution in [1.29, 1.82) is 0 Å². The van der Waals surface area contributed by atoms with Gasteiger partial charge in [-0.15, -0.1) is 0 Å². The van der Waals surface area contributed by atoms with E-state index in [1.807, 2.05) is 18.2 Å². The van der Waals surface area contributed by atoms with Gasteiger partial charge in [-0.2, -0.15) is 0 Å². The van der Waals surface area contributed by atoms with Gasteiger partial charge in [0.05, 0.1) is 5.33 Å². The molecular weight excluding hydrogens is 294 g/mol. The smallest absolute Gasteiger partial charge is 0.147 e. The summed E-state index contributed by atoms with van der Waals surface area (Å²) in [6, 6.07) is 8.12. The standard InChI is InChI=1S/C14H14BrNO2/c1-14(2)7-9-4-3-5-11(13(9)17-14)12-6-10(8-15)18-16-12/h3-6H,7-8H2,1-2H3. The van der Waals surface area contributed by atoms with E-state index < -0.39 is 0 Å². The minimum Gasteiger partial charge on any atom is -0.487 e. The number of rotatable bonds is 2. The number of benzene rings is 1. The van der Waals surface area contributed by atoms with Crippen LogP contribution in [0.5, 0.6) is 5.75 Å². The Hall–Kier alpha value is -1.29. The maximum Gasteiger partial charge on any atom is 0.147 e. The highest BCUT2D eigenvalue weighted by Crippen LogP contribution is 2.41. The summed E-state index contributed by atoms with van der Waals surface area (Å²) < 4.78 is 11.3. The first-order chi connectivity index (χ1) is 8.59. The number of halogens is 1. The molecule has 0 saturated heterocycles. The summed E-state index contributed by atoms with van der Waals surface area (Å²) in [6.45, 7) is 4.20. The van der Waals surface area contributed by atoms with Crippen molar-refractivity contribution in [2.75, 3.05) is 0 Å². The van der Waals surface area contributed by atoms with E-state index in [1.54, 1.807) is 0 Å². The van der Waals surface area contributed by atoms with Gasteiger partial charge in [0.2, 0.25) is 0 Å². The molecule has 2 heterocycles. The summed E-state index contributed by atoms with van der Waals surface area (Å²) in [7, 11) is 0. The third-order valence-corrected chi connectivity index (χ3v) is 3.61. The fourth-order valence-corrected chi connectivity index (χ4v) is 2.58. The minimum absolute atomic E-state index is 0.138. The first kappa shape index (κ1) is 11.8. The molecule has 0 amide bonds. The quantitative estimate of drug-likeness (QED) is 0.788. The van der Waals surface area contributed by atoms with Gasteiger partial charge in [0, 0.05) is 18.1 Å². The highest BCUT2D eigenvalue weighted by Gasteiger charge is 2.32. The zero-order valence-corrected chi connectivity index (χ0v) is 12.0. The molecule has 1 aromatic heterocycles. The van der Waals surface area contributed by atoms with Gasteiger partial charge < -0.3 is 9.26 Å². The average Bonchev–Trinajstić information content (AvgIpc) is 2.89. The molecule has 0 N–H and O–H groups in total. The molecule has 2 aromatic rings. The van der Waals surface area contributed by atoms with Gasteiger partial charge in [-0.05, 0) is 25.5 Å². The fraction of sp³-hybridized carbons (Fsp3) is 0.357. The largest absolute Gasteiger partial charge is 0.487 e. The van der Waals surface area contributed by atoms with E-state index in [0.717, 1.165) is 29.2 Å². The van der Waals surface area contributed by atoms with Crippen LogP contribution in [0.4, 0.5) is 0 Å². The SMILES string of the molecule is CC1(C)Cc2cccc(-c3cc(CBr)on3)c2O1. The molecule has 18 heavy (non-hydrogen) atoms. The molecule has 0 radical (unpaired) electrons. The summed E-state index contributed by atoms with van der Waals surface area (Å²) in [5.41, 5.74) is 2.94. The number of para-hydroxylation sites is 1. The molecule has 0 bridgehead atoms. The number of nitrogens with zero attached hydrogens (tertiary/aromatic N) is 1. The number of alkyl halides is 1. The number of hydrogen-bond donors (Lipinski definition) is 0. The molecule has 0 unspecified atom stereocenters. The normalized spacial score (nSPS) is 16.4. The molecule has 3 rings (SSSR count). The van der Waals surface area contributed by atoms with Crippen LogP contribution in [-0.2, 0) is 11.8 Å². The van der Waals surface area contributed by atoms with Gasteiger partial charge >= 0.3 is 0 Å². The van der Waals surface area contributed by atoms with E-state index in [9.17, 15) is 0 Å². The highest BCUT2D eigenvalue weighted by atomic mass is 79.9. The lowest BCUT2D eigenvalue weighted by molar-refractivity contribution is 0.139. The van der Waals surface area contributed by atoms with Gasteiger partial charge in [0.15, 0.2) is 0 Å². The Morgan fingerprint density at radius 1 is 1.39 bits per heavy atom. The van der Waals surface area contributed by atoms with Crippen LogP contribution < -0.4 is 4.74 Å². The lowest BCUT2D eigenvalue weighted by atomic mass is 10.00. The summed E-state index contributed by atoms with van der Waals surface area (Å²) in [4.78, 5) is 0. The van der Waals surface area contributed by atoms with E-state index >= 15 is 0 Å². The molecule has 3 nitrogen and oxygen atoms in total.